The van der Waals surface area contributed by atoms with Gasteiger partial charge in [-0.3, -0.25) is 33.7 Å². The number of aliphatic carboxylic acids is 1. The maximum atomic E-state index is 14.7. The first-order chi connectivity index (χ1) is 25.9. The summed E-state index contributed by atoms with van der Waals surface area (Å²) in [7, 11) is 1.89. The molecule has 4 amide bonds. The first-order valence-corrected chi connectivity index (χ1v) is 20.1. The van der Waals surface area contributed by atoms with Gasteiger partial charge in [0.1, 0.15) is 22.8 Å². The van der Waals surface area contributed by atoms with Crippen LogP contribution in [-0.4, -0.2) is 99.3 Å². The lowest BCUT2D eigenvalue weighted by Gasteiger charge is -2.42. The van der Waals surface area contributed by atoms with E-state index in [1.807, 2.05) is 70.0 Å². The number of nitrogens with zero attached hydrogens (tertiary/aromatic N) is 3. The minimum absolute atomic E-state index is 0.0223. The van der Waals surface area contributed by atoms with Crippen molar-refractivity contribution in [2.45, 2.75) is 130 Å². The van der Waals surface area contributed by atoms with Crippen molar-refractivity contribution in [3.8, 4) is 0 Å². The summed E-state index contributed by atoms with van der Waals surface area (Å²) in [6.07, 6.45) is 2.75. The number of nitrogens with one attached hydrogen (secondary N) is 2. The standard InChI is InChI=1S/C40H60N6O8S/c1-9-24(4)34(44-37(50)31-17-13-14-18-45(31)8)39(51)46(26(6)35(41)48)32(23(2)3)21-33(54-27(7)47)38-43-30(22-55-38)36(49)42-29(19-25(5)40(52)53)20-28-15-11-10-12-16-28/h10-12,15-16,22-26,29,31-34H,9,13-14,17-21H2,1-8H3,(H2,41,48)(H,42,49)(H,44,50)(H,52,53)/t24-,25-,26?,29+,31+,32+,33+,34-/m0/s1. The monoisotopic (exact) mass is 784 g/mol. The first-order valence-electron chi connectivity index (χ1n) is 19.3. The molecule has 1 aliphatic rings. The third-order valence-corrected chi connectivity index (χ3v) is 11.5. The Morgan fingerprint density at radius 2 is 1.71 bits per heavy atom. The second-order valence-corrected chi connectivity index (χ2v) is 16.1. The van der Waals surface area contributed by atoms with Gasteiger partial charge in [-0.1, -0.05) is 77.8 Å². The van der Waals surface area contributed by atoms with Crippen molar-refractivity contribution < 1.29 is 38.6 Å². The highest BCUT2D eigenvalue weighted by Gasteiger charge is 2.42. The van der Waals surface area contributed by atoms with Gasteiger partial charge in [0.25, 0.3) is 5.91 Å². The number of rotatable bonds is 20. The molecule has 15 heteroatoms. The predicted molar refractivity (Wildman–Crippen MR) is 210 cm³/mol. The van der Waals surface area contributed by atoms with Gasteiger partial charge < -0.3 is 31.1 Å². The molecule has 55 heavy (non-hydrogen) atoms. The molecule has 8 atom stereocenters. The lowest BCUT2D eigenvalue weighted by atomic mass is 9.90. The van der Waals surface area contributed by atoms with Crippen LogP contribution in [0, 0.1) is 17.8 Å². The molecule has 304 valence electrons. The molecule has 1 aromatic heterocycles. The van der Waals surface area contributed by atoms with E-state index in [1.165, 1.54) is 17.2 Å². The number of thiazole rings is 1. The number of likely N-dealkylation sites (N-methyl/N-ethyl adjacent to an activating group) is 1. The minimum atomic E-state index is -1.08. The minimum Gasteiger partial charge on any atom is -0.481 e. The maximum absolute atomic E-state index is 14.7. The van der Waals surface area contributed by atoms with Gasteiger partial charge in [0.15, 0.2) is 6.10 Å². The molecular formula is C40H60N6O8S. The van der Waals surface area contributed by atoms with Gasteiger partial charge in [-0.05, 0) is 63.6 Å². The number of ether oxygens (including phenoxy) is 1. The molecule has 14 nitrogen and oxygen atoms in total. The number of nitrogens with two attached hydrogens (primary N) is 1. The second kappa shape index (κ2) is 21.1. The Labute approximate surface area is 328 Å². The second-order valence-electron chi connectivity index (χ2n) is 15.2. The number of primary amides is 1. The molecule has 0 spiro atoms. The van der Waals surface area contributed by atoms with E-state index in [4.69, 9.17) is 10.5 Å². The summed E-state index contributed by atoms with van der Waals surface area (Å²) < 4.78 is 5.79. The highest BCUT2D eigenvalue weighted by molar-refractivity contribution is 7.09. The Bertz CT molecular complexity index is 1620. The largest absolute Gasteiger partial charge is 0.481 e. The molecule has 1 unspecified atom stereocenters. The van der Waals surface area contributed by atoms with E-state index < -0.39 is 65.8 Å². The van der Waals surface area contributed by atoms with Crippen molar-refractivity contribution in [2.24, 2.45) is 23.5 Å². The number of esters is 1. The molecule has 5 N–H and O–H groups in total. The van der Waals surface area contributed by atoms with Gasteiger partial charge in [-0.25, -0.2) is 4.98 Å². The molecule has 0 bridgehead atoms. The van der Waals surface area contributed by atoms with E-state index in [2.05, 4.69) is 15.6 Å². The third kappa shape index (κ3) is 12.8. The number of hydrogen-bond donors (Lipinski definition) is 4. The number of carbonyl (C=O) groups is 6. The average molecular weight is 785 g/mol. The van der Waals surface area contributed by atoms with Gasteiger partial charge in [-0.2, -0.15) is 0 Å². The number of aromatic nitrogens is 1. The number of likely N-dealkylation sites (tertiary alicyclic amines) is 1. The summed E-state index contributed by atoms with van der Waals surface area (Å²) in [6.45, 7) is 12.7. The van der Waals surface area contributed by atoms with E-state index >= 15 is 0 Å². The van der Waals surface area contributed by atoms with Crippen LogP contribution in [0.5, 0.6) is 0 Å². The number of amides is 4. The molecule has 0 saturated carbocycles. The van der Waals surface area contributed by atoms with E-state index in [0.29, 0.717) is 24.3 Å². The Morgan fingerprint density at radius 3 is 2.27 bits per heavy atom. The summed E-state index contributed by atoms with van der Waals surface area (Å²) in [6, 6.07) is 5.80. The molecule has 0 aliphatic carbocycles. The lowest BCUT2D eigenvalue weighted by Crippen LogP contribution is -2.62. The van der Waals surface area contributed by atoms with Crippen LogP contribution >= 0.6 is 11.3 Å². The molecule has 1 aromatic carbocycles. The topological polar surface area (TPSA) is 201 Å². The normalized spacial score (nSPS) is 18.5. The van der Waals surface area contributed by atoms with Crippen molar-refractivity contribution in [1.29, 1.82) is 0 Å². The Kier molecular flexibility index (Phi) is 17.3. The van der Waals surface area contributed by atoms with Crippen LogP contribution in [0.15, 0.2) is 35.7 Å². The first kappa shape index (κ1) is 45.0. The number of benzene rings is 1. The zero-order chi connectivity index (χ0) is 41.0. The fourth-order valence-corrected chi connectivity index (χ4v) is 7.86. The van der Waals surface area contributed by atoms with Crippen LogP contribution in [-0.2, 0) is 35.1 Å². The SMILES string of the molecule is CC[C@H](C)[C@H](NC(=O)[C@H]1CCCCN1C)C(=O)N(C(C)C(N)=O)[C@H](C[C@@H](OC(C)=O)c1nc(C(=O)N[C@@H](Cc2ccccc2)C[C@H](C)C(=O)O)cs1)C(C)C. The van der Waals surface area contributed by atoms with E-state index in [1.54, 1.807) is 13.8 Å². The summed E-state index contributed by atoms with van der Waals surface area (Å²) >= 11 is 1.11. The van der Waals surface area contributed by atoms with Gasteiger partial charge in [-0.15, -0.1) is 11.3 Å². The summed E-state index contributed by atoms with van der Waals surface area (Å²) in [4.78, 5) is 86.9. The third-order valence-electron chi connectivity index (χ3n) is 10.6. The maximum Gasteiger partial charge on any atom is 0.306 e. The number of carboxylic acid groups (broad SMARTS) is 1. The van der Waals surface area contributed by atoms with Crippen LogP contribution in [0.2, 0.25) is 0 Å². The highest BCUT2D eigenvalue weighted by atomic mass is 32.1. The van der Waals surface area contributed by atoms with Crippen LogP contribution in [0.3, 0.4) is 0 Å². The lowest BCUT2D eigenvalue weighted by molar-refractivity contribution is -0.152. The van der Waals surface area contributed by atoms with Crippen molar-refractivity contribution in [1.82, 2.24) is 25.4 Å². The molecule has 3 rings (SSSR count). The zero-order valence-corrected chi connectivity index (χ0v) is 34.3. The van der Waals surface area contributed by atoms with E-state index in [9.17, 15) is 33.9 Å². The van der Waals surface area contributed by atoms with Crippen LogP contribution in [0.1, 0.15) is 114 Å². The van der Waals surface area contributed by atoms with Crippen LogP contribution in [0.4, 0.5) is 0 Å². The average Bonchev–Trinajstić information content (AvgIpc) is 3.63. The fourth-order valence-electron chi connectivity index (χ4n) is 7.02. The number of hydrogen-bond acceptors (Lipinski definition) is 10. The summed E-state index contributed by atoms with van der Waals surface area (Å²) in [5.74, 6) is -4.82. The van der Waals surface area contributed by atoms with E-state index in [-0.39, 0.29) is 42.3 Å². The van der Waals surface area contributed by atoms with Gasteiger partial charge >= 0.3 is 11.9 Å². The smallest absolute Gasteiger partial charge is 0.306 e. The zero-order valence-electron chi connectivity index (χ0n) is 33.4. The fraction of sp³-hybridized carbons (Fsp3) is 0.625. The predicted octanol–water partition coefficient (Wildman–Crippen LogP) is 4.33. The molecule has 1 fully saturated rings. The molecule has 1 aliphatic heterocycles. The highest BCUT2D eigenvalue weighted by Crippen LogP contribution is 2.32. The molecular weight excluding hydrogens is 725 g/mol. The molecule has 0 radical (unpaired) electrons. The van der Waals surface area contributed by atoms with E-state index in [0.717, 1.165) is 36.3 Å². The molecule has 2 heterocycles. The van der Waals surface area contributed by atoms with Crippen LogP contribution in [0.25, 0.3) is 0 Å². The van der Waals surface area contributed by atoms with Crippen molar-refractivity contribution in [3.63, 3.8) is 0 Å². The molecule has 2 aromatic rings. The van der Waals surface area contributed by atoms with Crippen molar-refractivity contribution >= 4 is 46.9 Å². The Balaban J connectivity index is 1.94. The summed E-state index contributed by atoms with van der Waals surface area (Å²) in [5, 5.41) is 17.4. The van der Waals surface area contributed by atoms with Gasteiger partial charge in [0.2, 0.25) is 17.7 Å². The van der Waals surface area contributed by atoms with Crippen LogP contribution < -0.4 is 16.4 Å². The Hall–Kier alpha value is -4.37. The summed E-state index contributed by atoms with van der Waals surface area (Å²) in [5.41, 5.74) is 6.84. The van der Waals surface area contributed by atoms with Crippen molar-refractivity contribution in [3.05, 3.63) is 52.0 Å². The number of carbonyl (C=O) groups excluding carboxylic acids is 5. The Morgan fingerprint density at radius 1 is 1.04 bits per heavy atom. The quantitative estimate of drug-likeness (QED) is 0.140. The molecule has 1 saturated heterocycles. The van der Waals surface area contributed by atoms with Gasteiger partial charge in [0.05, 0.1) is 12.0 Å². The van der Waals surface area contributed by atoms with Gasteiger partial charge in [0, 0.05) is 30.8 Å². The number of piperidine rings is 1. The van der Waals surface area contributed by atoms with Crippen molar-refractivity contribution in [2.75, 3.05) is 13.6 Å². The number of carboxylic acids is 1.